The average molecular weight is 262 g/mol. The molecule has 18 heavy (non-hydrogen) atoms. The summed E-state index contributed by atoms with van der Waals surface area (Å²) < 4.78 is 13.6. The number of halogens is 1. The lowest BCUT2D eigenvalue weighted by atomic mass is 9.72. The first-order valence-corrected chi connectivity index (χ1v) is 6.35. The first-order valence-electron chi connectivity index (χ1n) is 6.35. The van der Waals surface area contributed by atoms with E-state index in [2.05, 4.69) is 4.90 Å². The van der Waals surface area contributed by atoms with Gasteiger partial charge in [-0.15, -0.1) is 0 Å². The average Bonchev–Trinajstić information content (AvgIpc) is 2.33. The molecule has 0 aliphatic carbocycles. The molecule has 3 aliphatic heterocycles. The quantitative estimate of drug-likeness (QED) is 0.800. The van der Waals surface area contributed by atoms with E-state index < -0.39 is 5.60 Å². The number of hydrogen-bond donors (Lipinski definition) is 1. The van der Waals surface area contributed by atoms with Crippen molar-refractivity contribution in [1.82, 2.24) is 4.90 Å². The van der Waals surface area contributed by atoms with Crippen molar-refractivity contribution in [2.45, 2.75) is 24.9 Å². The molecule has 1 aromatic rings. The molecule has 3 saturated heterocycles. The molecular formula is C14H20FMgNO. The molecule has 2 bridgehead atoms. The molecule has 4 heteroatoms. The maximum Gasteiger partial charge on any atom is 0.316 e. The second-order valence-corrected chi connectivity index (χ2v) is 5.42. The second kappa shape index (κ2) is 5.45. The van der Waals surface area contributed by atoms with E-state index in [0.29, 0.717) is 24.4 Å². The zero-order valence-corrected chi connectivity index (χ0v) is 9.90. The Morgan fingerprint density at radius 2 is 1.94 bits per heavy atom. The molecule has 0 radical (unpaired) electrons. The summed E-state index contributed by atoms with van der Waals surface area (Å²) in [5.41, 5.74) is -0.0812. The van der Waals surface area contributed by atoms with E-state index in [1.54, 1.807) is 12.1 Å². The van der Waals surface area contributed by atoms with Gasteiger partial charge in [0.15, 0.2) is 0 Å². The van der Waals surface area contributed by atoms with E-state index in [0.717, 1.165) is 25.9 Å². The normalized spacial score (nSPS) is 34.1. The Labute approximate surface area is 123 Å². The molecule has 3 fully saturated rings. The van der Waals surface area contributed by atoms with Crippen molar-refractivity contribution >= 4 is 23.1 Å². The van der Waals surface area contributed by atoms with Crippen molar-refractivity contribution < 1.29 is 9.50 Å². The fourth-order valence-electron chi connectivity index (χ4n) is 3.32. The van der Waals surface area contributed by atoms with Crippen molar-refractivity contribution in [3.8, 4) is 0 Å². The Morgan fingerprint density at radius 1 is 1.28 bits per heavy atom. The van der Waals surface area contributed by atoms with E-state index in [-0.39, 0.29) is 28.9 Å². The summed E-state index contributed by atoms with van der Waals surface area (Å²) in [5, 5.41) is 10.7. The van der Waals surface area contributed by atoms with Crippen molar-refractivity contribution in [2.75, 3.05) is 19.6 Å². The molecule has 0 saturated carbocycles. The van der Waals surface area contributed by atoms with Crippen LogP contribution >= 0.6 is 0 Å². The maximum atomic E-state index is 13.6. The lowest BCUT2D eigenvalue weighted by Crippen LogP contribution is -2.60. The lowest BCUT2D eigenvalue weighted by molar-refractivity contribution is -0.111. The first kappa shape index (κ1) is 14.2. The molecule has 1 aromatic carbocycles. The molecular weight excluding hydrogens is 241 g/mol. The van der Waals surface area contributed by atoms with Crippen LogP contribution in [0.3, 0.4) is 0 Å². The van der Waals surface area contributed by atoms with Gasteiger partial charge >= 0.3 is 23.1 Å². The Kier molecular flexibility index (Phi) is 4.31. The number of hydrogen-bond acceptors (Lipinski definition) is 2. The van der Waals surface area contributed by atoms with Gasteiger partial charge in [0.1, 0.15) is 5.82 Å². The van der Waals surface area contributed by atoms with Gasteiger partial charge in [0.25, 0.3) is 0 Å². The van der Waals surface area contributed by atoms with Gasteiger partial charge in [-0.25, -0.2) is 4.39 Å². The largest absolute Gasteiger partial charge is 0.388 e. The van der Waals surface area contributed by atoms with Crippen LogP contribution in [0.4, 0.5) is 4.39 Å². The zero-order valence-electron chi connectivity index (χ0n) is 9.90. The van der Waals surface area contributed by atoms with Crippen LogP contribution in [-0.4, -0.2) is 58.3 Å². The molecule has 4 rings (SSSR count). The fraction of sp³-hybridized carbons (Fsp3) is 0.571. The monoisotopic (exact) mass is 261 g/mol. The number of benzene rings is 1. The Hall–Kier alpha value is -0.164. The third kappa shape index (κ3) is 2.57. The van der Waals surface area contributed by atoms with Crippen LogP contribution in [0.2, 0.25) is 0 Å². The van der Waals surface area contributed by atoms with Gasteiger partial charge < -0.3 is 10.0 Å². The predicted molar refractivity (Wildman–Crippen MR) is 72.8 cm³/mol. The summed E-state index contributed by atoms with van der Waals surface area (Å²) in [6.07, 6.45) is 2.54. The number of piperidine rings is 3. The van der Waals surface area contributed by atoms with Crippen LogP contribution in [0, 0.1) is 11.7 Å². The van der Waals surface area contributed by atoms with Crippen LogP contribution in [0.15, 0.2) is 24.3 Å². The van der Waals surface area contributed by atoms with E-state index in [1.807, 2.05) is 6.07 Å². The van der Waals surface area contributed by atoms with E-state index in [1.165, 1.54) is 6.07 Å². The molecule has 1 atom stereocenters. The van der Waals surface area contributed by atoms with Crippen LogP contribution in [0.1, 0.15) is 18.4 Å². The van der Waals surface area contributed by atoms with Gasteiger partial charge in [-0.2, -0.15) is 0 Å². The number of nitrogens with zero attached hydrogens (tertiary/aromatic N) is 1. The standard InChI is InChI=1S/C14H18FNO.Mg.2H/c15-13-4-2-1-3-11(13)9-14(17)10-16-7-5-12(14)6-8-16;;;/h1-4,12,17H,5-10H2;;;. The van der Waals surface area contributed by atoms with Gasteiger partial charge in [0, 0.05) is 13.0 Å². The van der Waals surface area contributed by atoms with Crippen molar-refractivity contribution in [3.63, 3.8) is 0 Å². The van der Waals surface area contributed by atoms with Gasteiger partial charge in [0.2, 0.25) is 0 Å². The SMILES string of the molecule is OC1(Cc2ccccc2F)CN2CCC1CC2.[MgH2]. The van der Waals surface area contributed by atoms with Crippen LogP contribution < -0.4 is 0 Å². The van der Waals surface area contributed by atoms with Crippen LogP contribution in [0.5, 0.6) is 0 Å². The summed E-state index contributed by atoms with van der Waals surface area (Å²) in [6, 6.07) is 6.79. The van der Waals surface area contributed by atoms with Gasteiger partial charge in [-0.3, -0.25) is 0 Å². The molecule has 3 heterocycles. The van der Waals surface area contributed by atoms with Crippen LogP contribution in [-0.2, 0) is 6.42 Å². The number of fused-ring (bicyclic) bond motifs is 3. The van der Waals surface area contributed by atoms with E-state index in [9.17, 15) is 9.50 Å². The third-order valence-corrected chi connectivity index (χ3v) is 4.30. The van der Waals surface area contributed by atoms with Gasteiger partial charge in [0.05, 0.1) is 5.60 Å². The molecule has 0 spiro atoms. The first-order chi connectivity index (χ1) is 8.17. The second-order valence-electron chi connectivity index (χ2n) is 5.42. The molecule has 3 aliphatic rings. The highest BCUT2D eigenvalue weighted by atomic mass is 24.3. The Balaban J connectivity index is 0.00000120. The molecule has 96 valence electrons. The minimum Gasteiger partial charge on any atom is -0.388 e. The van der Waals surface area contributed by atoms with Crippen molar-refractivity contribution in [2.24, 2.45) is 5.92 Å². The highest BCUT2D eigenvalue weighted by Gasteiger charge is 2.45. The summed E-state index contributed by atoms with van der Waals surface area (Å²) in [6.45, 7) is 2.88. The number of rotatable bonds is 2. The minimum atomic E-state index is -0.724. The van der Waals surface area contributed by atoms with Crippen molar-refractivity contribution in [3.05, 3.63) is 35.6 Å². The lowest BCUT2D eigenvalue weighted by Gasteiger charge is -2.50. The number of aliphatic hydroxyl groups is 1. The highest BCUT2D eigenvalue weighted by molar-refractivity contribution is 5.75. The predicted octanol–water partition coefficient (Wildman–Crippen LogP) is 0.909. The van der Waals surface area contributed by atoms with Gasteiger partial charge in [-0.1, -0.05) is 18.2 Å². The topological polar surface area (TPSA) is 23.5 Å². The summed E-state index contributed by atoms with van der Waals surface area (Å²) in [5.74, 6) is 0.143. The fourth-order valence-corrected chi connectivity index (χ4v) is 3.32. The zero-order chi connectivity index (χ0) is 11.9. The van der Waals surface area contributed by atoms with Crippen molar-refractivity contribution in [1.29, 1.82) is 0 Å². The maximum absolute atomic E-state index is 13.6. The van der Waals surface area contributed by atoms with E-state index in [4.69, 9.17) is 0 Å². The third-order valence-electron chi connectivity index (χ3n) is 4.30. The molecule has 1 N–H and O–H groups in total. The highest BCUT2D eigenvalue weighted by Crippen LogP contribution is 2.37. The molecule has 0 aromatic heterocycles. The molecule has 0 amide bonds. The van der Waals surface area contributed by atoms with Gasteiger partial charge in [-0.05, 0) is 43.5 Å². The summed E-state index contributed by atoms with van der Waals surface area (Å²) in [4.78, 5) is 2.29. The molecule has 2 nitrogen and oxygen atoms in total. The minimum absolute atomic E-state index is 0. The summed E-state index contributed by atoms with van der Waals surface area (Å²) >= 11 is 0. The smallest absolute Gasteiger partial charge is 0.316 e. The Morgan fingerprint density at radius 3 is 2.50 bits per heavy atom. The van der Waals surface area contributed by atoms with Crippen LogP contribution in [0.25, 0.3) is 0 Å². The molecule has 1 unspecified atom stereocenters. The Bertz CT molecular complexity index is 420. The van der Waals surface area contributed by atoms with E-state index >= 15 is 0 Å². The summed E-state index contributed by atoms with van der Waals surface area (Å²) in [7, 11) is 0.